The highest BCUT2D eigenvalue weighted by molar-refractivity contribution is 6.23. The third-order valence-electron chi connectivity index (χ3n) is 8.20. The van der Waals surface area contributed by atoms with Crippen LogP contribution >= 0.6 is 0 Å². The van der Waals surface area contributed by atoms with E-state index in [1.807, 2.05) is 0 Å². The fourth-order valence-electron chi connectivity index (χ4n) is 6.40. The van der Waals surface area contributed by atoms with Gasteiger partial charge < -0.3 is 4.42 Å². The van der Waals surface area contributed by atoms with E-state index >= 15 is 0 Å². The highest BCUT2D eigenvalue weighted by Gasteiger charge is 2.23. The van der Waals surface area contributed by atoms with E-state index in [1.165, 1.54) is 49.5 Å². The number of rotatable bonds is 2. The molecular formula is C36H26N2O. The molecule has 3 heteroatoms. The lowest BCUT2D eigenvalue weighted by Gasteiger charge is -2.15. The van der Waals surface area contributed by atoms with Gasteiger partial charge in [0, 0.05) is 40.0 Å². The van der Waals surface area contributed by atoms with Crippen molar-refractivity contribution < 1.29 is 4.42 Å². The molecule has 0 aliphatic heterocycles. The summed E-state index contributed by atoms with van der Waals surface area (Å²) in [5.74, 6) is 1.53. The molecule has 2 aromatic heterocycles. The molecule has 0 bridgehead atoms. The van der Waals surface area contributed by atoms with Crippen LogP contribution in [0.1, 0.15) is 37.5 Å². The van der Waals surface area contributed by atoms with Crippen LogP contribution < -0.4 is 0 Å². The third kappa shape index (κ3) is 3.43. The van der Waals surface area contributed by atoms with E-state index in [0.717, 1.165) is 39.6 Å². The maximum atomic E-state index is 6.29. The summed E-state index contributed by atoms with van der Waals surface area (Å²) in [6.45, 7) is 4.47. The minimum Gasteiger partial charge on any atom is -0.460 e. The summed E-state index contributed by atoms with van der Waals surface area (Å²) in [7, 11) is 0. The molecule has 5 aromatic carbocycles. The number of furan rings is 1. The lowest BCUT2D eigenvalue weighted by Crippen LogP contribution is -1.99. The van der Waals surface area contributed by atoms with Gasteiger partial charge in [-0.3, -0.25) is 9.97 Å². The summed E-state index contributed by atoms with van der Waals surface area (Å²) in [5, 5.41) is 5.86. The zero-order chi connectivity index (χ0) is 26.1. The monoisotopic (exact) mass is 502 g/mol. The Morgan fingerprint density at radius 3 is 2.05 bits per heavy atom. The van der Waals surface area contributed by atoms with Crippen molar-refractivity contribution in [3.05, 3.63) is 114 Å². The number of nitrogens with zero attached hydrogens (tertiary/aromatic N) is 2. The van der Waals surface area contributed by atoms with Gasteiger partial charge in [-0.25, -0.2) is 0 Å². The minimum atomic E-state index is 0.413. The van der Waals surface area contributed by atoms with Crippen molar-refractivity contribution in [3.63, 3.8) is 0 Å². The summed E-state index contributed by atoms with van der Waals surface area (Å²) in [6, 6.07) is 30.6. The van der Waals surface area contributed by atoms with Crippen LogP contribution in [-0.4, -0.2) is 9.97 Å². The maximum absolute atomic E-state index is 6.29. The van der Waals surface area contributed by atoms with Gasteiger partial charge in [-0.05, 0) is 70.6 Å². The molecular weight excluding hydrogens is 476 g/mol. The highest BCUT2D eigenvalue weighted by Crippen LogP contribution is 2.41. The Bertz CT molecular complexity index is 2100. The SMILES string of the molecule is CC1=Cc2c(oc3ccc(-c4cccc(-c5ccc6c(c5)c5ccccc5c5nccnc65)c4)cc23)C(C)C1. The maximum Gasteiger partial charge on any atom is 0.134 e. The van der Waals surface area contributed by atoms with Crippen molar-refractivity contribution in [1.82, 2.24) is 9.97 Å². The largest absolute Gasteiger partial charge is 0.460 e. The number of benzene rings is 5. The van der Waals surface area contributed by atoms with E-state index in [-0.39, 0.29) is 0 Å². The van der Waals surface area contributed by atoms with Gasteiger partial charge >= 0.3 is 0 Å². The van der Waals surface area contributed by atoms with Crippen LogP contribution in [0.25, 0.3) is 71.9 Å². The Hall–Kier alpha value is -4.76. The van der Waals surface area contributed by atoms with Gasteiger partial charge in [0.1, 0.15) is 11.3 Å². The van der Waals surface area contributed by atoms with E-state index in [9.17, 15) is 0 Å². The van der Waals surface area contributed by atoms with Crippen molar-refractivity contribution in [1.29, 1.82) is 0 Å². The van der Waals surface area contributed by atoms with Crippen molar-refractivity contribution in [2.75, 3.05) is 0 Å². The van der Waals surface area contributed by atoms with E-state index in [0.29, 0.717) is 5.92 Å². The molecule has 1 aliphatic carbocycles. The Balaban J connectivity index is 1.28. The molecule has 7 aromatic rings. The first-order chi connectivity index (χ1) is 19.1. The molecule has 1 unspecified atom stereocenters. The van der Waals surface area contributed by atoms with E-state index in [4.69, 9.17) is 9.40 Å². The van der Waals surface area contributed by atoms with Gasteiger partial charge in [0.25, 0.3) is 0 Å². The predicted octanol–water partition coefficient (Wildman–Crippen LogP) is 9.93. The Kier molecular flexibility index (Phi) is 4.78. The summed E-state index contributed by atoms with van der Waals surface area (Å²) in [5.41, 5.74) is 10.3. The minimum absolute atomic E-state index is 0.413. The molecule has 1 atom stereocenters. The molecule has 2 heterocycles. The lowest BCUT2D eigenvalue weighted by molar-refractivity contribution is 0.499. The van der Waals surface area contributed by atoms with Crippen molar-refractivity contribution >= 4 is 49.6 Å². The van der Waals surface area contributed by atoms with Gasteiger partial charge in [0.2, 0.25) is 0 Å². The second-order valence-corrected chi connectivity index (χ2v) is 10.8. The van der Waals surface area contributed by atoms with Crippen LogP contribution in [0, 0.1) is 0 Å². The summed E-state index contributed by atoms with van der Waals surface area (Å²) in [6.07, 6.45) is 6.91. The quantitative estimate of drug-likeness (QED) is 0.221. The van der Waals surface area contributed by atoms with Crippen LogP contribution in [0.2, 0.25) is 0 Å². The van der Waals surface area contributed by atoms with Gasteiger partial charge in [-0.15, -0.1) is 0 Å². The van der Waals surface area contributed by atoms with E-state index < -0.39 is 0 Å². The first kappa shape index (κ1) is 22.2. The number of allylic oxidation sites excluding steroid dienone is 1. The predicted molar refractivity (Wildman–Crippen MR) is 162 cm³/mol. The normalized spacial score (nSPS) is 15.2. The van der Waals surface area contributed by atoms with Crippen molar-refractivity contribution in [2.45, 2.75) is 26.2 Å². The summed E-state index contributed by atoms with van der Waals surface area (Å²) in [4.78, 5) is 9.37. The Morgan fingerprint density at radius 1 is 0.641 bits per heavy atom. The van der Waals surface area contributed by atoms with E-state index in [2.05, 4.69) is 110 Å². The number of aromatic nitrogens is 2. The molecule has 0 saturated carbocycles. The standard InChI is InChI=1S/C36H26N2O/c1-21-16-22(2)36-32(17-21)31-20-26(11-13-33(31)39-36)24-7-5-6-23(18-24)25-10-12-29-30(19-25)27-8-3-4-9-28(27)34-35(29)38-15-14-37-34/h3-15,17-20,22H,16H2,1-2H3. The summed E-state index contributed by atoms with van der Waals surface area (Å²) >= 11 is 0. The Morgan fingerprint density at radius 2 is 1.28 bits per heavy atom. The van der Waals surface area contributed by atoms with Crippen LogP contribution in [0.5, 0.6) is 0 Å². The molecule has 3 nitrogen and oxygen atoms in total. The zero-order valence-electron chi connectivity index (χ0n) is 21.9. The first-order valence-electron chi connectivity index (χ1n) is 13.5. The molecule has 0 N–H and O–H groups in total. The third-order valence-corrected chi connectivity index (χ3v) is 8.20. The molecule has 0 radical (unpaired) electrons. The number of hydrogen-bond acceptors (Lipinski definition) is 3. The molecule has 1 aliphatic rings. The van der Waals surface area contributed by atoms with Gasteiger partial charge in [0.15, 0.2) is 0 Å². The van der Waals surface area contributed by atoms with Crippen LogP contribution in [-0.2, 0) is 0 Å². The van der Waals surface area contributed by atoms with Gasteiger partial charge in [-0.2, -0.15) is 0 Å². The summed E-state index contributed by atoms with van der Waals surface area (Å²) < 4.78 is 6.29. The fourth-order valence-corrected chi connectivity index (χ4v) is 6.40. The first-order valence-corrected chi connectivity index (χ1v) is 13.5. The smallest absolute Gasteiger partial charge is 0.134 e. The molecule has 186 valence electrons. The molecule has 0 fully saturated rings. The van der Waals surface area contributed by atoms with Gasteiger partial charge in [-0.1, -0.05) is 79.2 Å². The molecule has 39 heavy (non-hydrogen) atoms. The van der Waals surface area contributed by atoms with Crippen LogP contribution in [0.3, 0.4) is 0 Å². The molecule has 0 saturated heterocycles. The average Bonchev–Trinajstić information content (AvgIpc) is 3.35. The number of hydrogen-bond donors (Lipinski definition) is 0. The van der Waals surface area contributed by atoms with Gasteiger partial charge in [0.05, 0.1) is 11.0 Å². The number of fused-ring (bicyclic) bond motifs is 9. The molecule has 8 rings (SSSR count). The highest BCUT2D eigenvalue weighted by atomic mass is 16.3. The van der Waals surface area contributed by atoms with E-state index in [1.54, 1.807) is 12.4 Å². The van der Waals surface area contributed by atoms with Crippen LogP contribution in [0.15, 0.2) is 107 Å². The topological polar surface area (TPSA) is 38.9 Å². The zero-order valence-corrected chi connectivity index (χ0v) is 21.9. The average molecular weight is 503 g/mol. The molecule has 0 amide bonds. The lowest BCUT2D eigenvalue weighted by atomic mass is 9.89. The van der Waals surface area contributed by atoms with Crippen molar-refractivity contribution in [2.24, 2.45) is 0 Å². The Labute approximate surface area is 226 Å². The second kappa shape index (κ2) is 8.37. The van der Waals surface area contributed by atoms with Crippen molar-refractivity contribution in [3.8, 4) is 22.3 Å². The fraction of sp³-hybridized carbons (Fsp3) is 0.111. The second-order valence-electron chi connectivity index (χ2n) is 10.8. The van der Waals surface area contributed by atoms with Crippen LogP contribution in [0.4, 0.5) is 0 Å². The molecule has 0 spiro atoms.